The topological polar surface area (TPSA) is 303 Å². The fourth-order valence-electron chi connectivity index (χ4n) is 10.9. The molecule has 3 aliphatic rings. The number of non-ortho nitro benzene ring substituents is 1. The van der Waals surface area contributed by atoms with Gasteiger partial charge in [-0.15, -0.1) is 0 Å². The number of hydrogen-bond donors (Lipinski definition) is 4. The van der Waals surface area contributed by atoms with Crippen LogP contribution in [0.25, 0.3) is 44.5 Å². The third-order valence-corrected chi connectivity index (χ3v) is 16.4. The molecule has 4 N–H and O–H groups in total. The standard InChI is InChI=1S/C40H38ClN7O10.C22H12BrClN2O4/c1-56-40(51)24-8-10-29(28(41)20-24)44-31-22-33(36-35-34(31)37(49)26-6-2-3-7-27(26)38(35)58-45-36)46-16-12-23(13-17-46)39(50)43-15-5-19-57-18-4-14-42-30-11-9-25(47(52)53)21-32(30)48(54)55;1-29-22(28)10-6-7-15(14(24)8-10)25-16-9-13(23)19-18-17(16)20(27)11-4-2-3-5-12(11)21(18)30-26-19/h2-3,6-11,20-23,42,44H,4-5,12-19H2,1H3,(H,43,50);2-9,25H,1H3. The van der Waals surface area contributed by atoms with Gasteiger partial charge >= 0.3 is 11.9 Å². The first kappa shape index (κ1) is 60.0. The van der Waals surface area contributed by atoms with Crippen LogP contribution in [0.2, 0.25) is 10.0 Å². The van der Waals surface area contributed by atoms with Gasteiger partial charge in [-0.1, -0.05) is 82.0 Å². The molecule has 2 aromatic heterocycles. The number of carbonyl (C=O) groups excluding carboxylic acids is 5. The third-order valence-electron chi connectivity index (χ3n) is 15.2. The lowest BCUT2D eigenvalue weighted by atomic mass is 9.86. The summed E-state index contributed by atoms with van der Waals surface area (Å²) in [6, 6.07) is 31.0. The number of halogens is 3. The molecule has 1 aliphatic heterocycles. The number of esters is 2. The highest BCUT2D eigenvalue weighted by Gasteiger charge is 2.36. The zero-order valence-corrected chi connectivity index (χ0v) is 49.8. The van der Waals surface area contributed by atoms with Crippen LogP contribution in [0.3, 0.4) is 0 Å². The van der Waals surface area contributed by atoms with Crippen molar-refractivity contribution < 1.29 is 57.1 Å². The molecule has 9 aromatic rings. The second-order valence-electron chi connectivity index (χ2n) is 20.5. The normalized spacial score (nSPS) is 13.0. The number of piperidine rings is 1. The van der Waals surface area contributed by atoms with E-state index in [-0.39, 0.29) is 51.0 Å². The van der Waals surface area contributed by atoms with E-state index in [1.807, 2.05) is 36.4 Å². The van der Waals surface area contributed by atoms with Crippen molar-refractivity contribution in [3.63, 3.8) is 0 Å². The van der Waals surface area contributed by atoms with E-state index >= 15 is 0 Å². The van der Waals surface area contributed by atoms with E-state index in [0.29, 0.717) is 170 Å². The van der Waals surface area contributed by atoms with Crippen molar-refractivity contribution >= 4 is 136 Å². The molecule has 23 nitrogen and oxygen atoms in total. The van der Waals surface area contributed by atoms with Crippen LogP contribution in [-0.2, 0) is 19.0 Å². The Morgan fingerprint density at radius 3 is 1.69 bits per heavy atom. The molecule has 12 rings (SSSR count). The summed E-state index contributed by atoms with van der Waals surface area (Å²) in [7, 11) is 2.59. The van der Waals surface area contributed by atoms with Gasteiger partial charge in [-0.25, -0.2) is 9.59 Å². The van der Waals surface area contributed by atoms with Gasteiger partial charge in [0.05, 0.1) is 102 Å². The van der Waals surface area contributed by atoms with Crippen LogP contribution in [0.15, 0.2) is 129 Å². The number of nitro groups is 2. The first-order valence-electron chi connectivity index (χ1n) is 27.5. The van der Waals surface area contributed by atoms with Crippen molar-refractivity contribution in [2.24, 2.45) is 5.92 Å². The zero-order valence-electron chi connectivity index (χ0n) is 46.7. The van der Waals surface area contributed by atoms with Gasteiger partial charge in [0.2, 0.25) is 5.91 Å². The number of rotatable bonds is 19. The van der Waals surface area contributed by atoms with Crippen LogP contribution in [0.1, 0.15) is 78.2 Å². The second kappa shape index (κ2) is 25.7. The second-order valence-corrected chi connectivity index (χ2v) is 22.1. The summed E-state index contributed by atoms with van der Waals surface area (Å²) >= 11 is 16.5. The van der Waals surface area contributed by atoms with Crippen molar-refractivity contribution in [2.75, 3.05) is 74.5 Å². The Morgan fingerprint density at radius 1 is 0.648 bits per heavy atom. The molecule has 7 aromatic carbocycles. The minimum Gasteiger partial charge on any atom is -0.465 e. The monoisotopic (exact) mass is 1290 g/mol. The number of fused-ring (bicyclic) bond motifs is 4. The first-order valence-corrected chi connectivity index (χ1v) is 29.0. The van der Waals surface area contributed by atoms with E-state index < -0.39 is 21.8 Å². The van der Waals surface area contributed by atoms with E-state index in [1.165, 1.54) is 38.5 Å². The number of hydrogen-bond acceptors (Lipinski definition) is 20. The molecular weight excluding hydrogens is 1250 g/mol. The van der Waals surface area contributed by atoms with Crippen molar-refractivity contribution in [2.45, 2.75) is 25.7 Å². The van der Waals surface area contributed by atoms with Crippen molar-refractivity contribution in [1.29, 1.82) is 0 Å². The molecule has 1 amide bonds. The predicted octanol–water partition coefficient (Wildman–Crippen LogP) is 13.3. The number of nitrogens with zero attached hydrogens (tertiary/aromatic N) is 5. The maximum Gasteiger partial charge on any atom is 0.337 e. The van der Waals surface area contributed by atoms with Crippen LogP contribution in [0.4, 0.5) is 45.5 Å². The van der Waals surface area contributed by atoms with Gasteiger partial charge in [0.25, 0.3) is 11.4 Å². The Labute approximate surface area is 518 Å². The molecule has 0 saturated carbocycles. The number of benzene rings is 7. The van der Waals surface area contributed by atoms with Gasteiger partial charge in [0, 0.05) is 78.1 Å². The van der Waals surface area contributed by atoms with Crippen LogP contribution in [-0.4, -0.2) is 103 Å². The van der Waals surface area contributed by atoms with Crippen LogP contribution < -0.4 is 26.2 Å². The number of carbonyl (C=O) groups is 5. The van der Waals surface area contributed by atoms with E-state index in [9.17, 15) is 44.2 Å². The molecule has 0 radical (unpaired) electrons. The zero-order chi connectivity index (χ0) is 61.9. The van der Waals surface area contributed by atoms with Gasteiger partial charge < -0.3 is 49.4 Å². The number of nitro benzene ring substituents is 2. The highest BCUT2D eigenvalue weighted by Crippen LogP contribution is 2.49. The molecule has 0 spiro atoms. The average molecular weight is 1300 g/mol. The lowest BCUT2D eigenvalue weighted by Crippen LogP contribution is -2.41. The SMILES string of the molecule is COC(=O)c1ccc(Nc2cc(Br)c3noc4c3c2C(=O)c2ccccc2-4)c(Cl)c1.COC(=O)c1ccc(Nc2cc(N3CCC(C(=O)NCCCOCCCNc4ccc([N+](=O)[O-])cc4[N+](=O)[O-])CC3)c3noc4c3c2C(=O)c2ccccc2-4)c(Cl)c1. The number of nitrogens with one attached hydrogen (secondary N) is 4. The predicted molar refractivity (Wildman–Crippen MR) is 332 cm³/mol. The molecule has 0 unspecified atom stereocenters. The van der Waals surface area contributed by atoms with Gasteiger partial charge in [-0.2, -0.15) is 0 Å². The number of ether oxygens (including phenoxy) is 3. The highest BCUT2D eigenvalue weighted by atomic mass is 79.9. The van der Waals surface area contributed by atoms with Crippen molar-refractivity contribution in [3.05, 3.63) is 183 Å². The molecule has 448 valence electrons. The summed E-state index contributed by atoms with van der Waals surface area (Å²) in [6.45, 7) is 2.69. The van der Waals surface area contributed by atoms with Gasteiger partial charge in [0.1, 0.15) is 16.7 Å². The van der Waals surface area contributed by atoms with Crippen molar-refractivity contribution in [1.82, 2.24) is 15.6 Å². The molecule has 26 heteroatoms. The largest absolute Gasteiger partial charge is 0.465 e. The van der Waals surface area contributed by atoms with Crippen LogP contribution in [0.5, 0.6) is 0 Å². The Morgan fingerprint density at radius 2 is 1.16 bits per heavy atom. The van der Waals surface area contributed by atoms with Gasteiger partial charge in [0.15, 0.2) is 23.1 Å². The smallest absolute Gasteiger partial charge is 0.337 e. The average Bonchev–Trinajstić information content (AvgIpc) is 1.70. The fraction of sp³-hybridized carbons (Fsp3) is 0.210. The third kappa shape index (κ3) is 11.8. The minimum absolute atomic E-state index is 0.0400. The molecule has 0 atom stereocenters. The van der Waals surface area contributed by atoms with E-state index in [4.69, 9.17) is 46.5 Å². The van der Waals surface area contributed by atoms with E-state index in [2.05, 4.69) is 52.4 Å². The lowest BCUT2D eigenvalue weighted by molar-refractivity contribution is -0.393. The maximum absolute atomic E-state index is 14.1. The molecular formula is C62H50BrCl2N9O14. The number of aromatic nitrogens is 2. The number of amides is 1. The quantitative estimate of drug-likeness (QED) is 0.0253. The van der Waals surface area contributed by atoms with Crippen molar-refractivity contribution in [3.8, 4) is 22.6 Å². The molecule has 1 saturated heterocycles. The maximum atomic E-state index is 14.1. The fourth-order valence-corrected chi connectivity index (χ4v) is 11.8. The van der Waals surface area contributed by atoms with Gasteiger partial charge in [-0.05, 0) is 96.2 Å². The number of anilines is 6. The lowest BCUT2D eigenvalue weighted by Gasteiger charge is -2.33. The van der Waals surface area contributed by atoms with Crippen LogP contribution in [0, 0.1) is 26.1 Å². The molecule has 3 heterocycles. The molecule has 88 heavy (non-hydrogen) atoms. The van der Waals surface area contributed by atoms with Crippen LogP contribution >= 0.6 is 39.1 Å². The summed E-state index contributed by atoms with van der Waals surface area (Å²) < 4.78 is 27.4. The first-order chi connectivity index (χ1) is 42.5. The summed E-state index contributed by atoms with van der Waals surface area (Å²) in [4.78, 5) is 87.4. The Bertz CT molecular complexity index is 4340. The Hall–Kier alpha value is -9.75. The Balaban J connectivity index is 0.000000222. The molecule has 0 bridgehead atoms. The molecule has 1 fully saturated rings. The van der Waals surface area contributed by atoms with E-state index in [1.54, 1.807) is 48.5 Å². The minimum atomic E-state index is -0.683. The Kier molecular flexibility index (Phi) is 17.5. The number of ketones is 2. The highest BCUT2D eigenvalue weighted by molar-refractivity contribution is 9.10. The van der Waals surface area contributed by atoms with Gasteiger partial charge in [-0.3, -0.25) is 34.6 Å². The van der Waals surface area contributed by atoms with E-state index in [0.717, 1.165) is 11.8 Å². The summed E-state index contributed by atoms with van der Waals surface area (Å²) in [5.74, 6) is -0.551. The number of methoxy groups -OCH3 is 2. The summed E-state index contributed by atoms with van der Waals surface area (Å²) in [5, 5.41) is 45.1. The summed E-state index contributed by atoms with van der Waals surface area (Å²) in [5.41, 5.74) is 7.22. The summed E-state index contributed by atoms with van der Waals surface area (Å²) in [6.07, 6.45) is 2.31. The molecule has 2 aliphatic carbocycles.